The minimum Gasteiger partial charge on any atom is -0.497 e. The van der Waals surface area contributed by atoms with E-state index in [4.69, 9.17) is 21.7 Å². The van der Waals surface area contributed by atoms with E-state index in [-0.39, 0.29) is 11.0 Å². The topological polar surface area (TPSA) is 71.6 Å². The standard InChI is InChI=1S/C16H17N3O3S/c1-21-12-8-9-14(22-2)13(10-12)17-16(23)19-18-15(20)11-6-4-3-5-7-11/h3-10H,1-2H3,(H,18,20)(H2,17,19,23). The molecule has 7 heteroatoms. The third kappa shape index (κ3) is 4.58. The maximum absolute atomic E-state index is 11.9. The van der Waals surface area contributed by atoms with E-state index in [0.29, 0.717) is 22.7 Å². The van der Waals surface area contributed by atoms with E-state index in [1.807, 2.05) is 6.07 Å². The van der Waals surface area contributed by atoms with Gasteiger partial charge in [-0.2, -0.15) is 0 Å². The van der Waals surface area contributed by atoms with Crippen LogP contribution in [0, 0.1) is 0 Å². The van der Waals surface area contributed by atoms with Gasteiger partial charge in [-0.3, -0.25) is 15.6 Å². The van der Waals surface area contributed by atoms with Crippen LogP contribution in [0.4, 0.5) is 5.69 Å². The van der Waals surface area contributed by atoms with Crippen molar-refractivity contribution >= 4 is 28.9 Å². The van der Waals surface area contributed by atoms with Gasteiger partial charge >= 0.3 is 0 Å². The number of carbonyl (C=O) groups excluding carboxylic acids is 1. The zero-order chi connectivity index (χ0) is 16.7. The summed E-state index contributed by atoms with van der Waals surface area (Å²) in [5.74, 6) is 0.973. The van der Waals surface area contributed by atoms with Gasteiger partial charge in [0.05, 0.1) is 19.9 Å². The molecule has 0 spiro atoms. The second-order valence-corrected chi connectivity index (χ2v) is 4.87. The van der Waals surface area contributed by atoms with Crippen molar-refractivity contribution < 1.29 is 14.3 Å². The number of thiocarbonyl (C=S) groups is 1. The molecule has 3 N–H and O–H groups in total. The van der Waals surface area contributed by atoms with Crippen molar-refractivity contribution in [2.75, 3.05) is 19.5 Å². The van der Waals surface area contributed by atoms with Gasteiger partial charge in [0.25, 0.3) is 5.91 Å². The molecule has 2 aromatic rings. The lowest BCUT2D eigenvalue weighted by molar-refractivity contribution is 0.0944. The van der Waals surface area contributed by atoms with Gasteiger partial charge in [0.1, 0.15) is 11.5 Å². The fraction of sp³-hybridized carbons (Fsp3) is 0.125. The Labute approximate surface area is 139 Å². The van der Waals surface area contributed by atoms with E-state index in [1.165, 1.54) is 0 Å². The van der Waals surface area contributed by atoms with Crippen LogP contribution in [0.2, 0.25) is 0 Å². The summed E-state index contributed by atoms with van der Waals surface area (Å²) in [6, 6.07) is 14.1. The number of hydrogen-bond donors (Lipinski definition) is 3. The highest BCUT2D eigenvalue weighted by molar-refractivity contribution is 7.80. The van der Waals surface area contributed by atoms with Crippen LogP contribution in [0.3, 0.4) is 0 Å². The summed E-state index contributed by atoms with van der Waals surface area (Å²) in [7, 11) is 3.13. The summed E-state index contributed by atoms with van der Waals surface area (Å²) in [5, 5.41) is 3.17. The summed E-state index contributed by atoms with van der Waals surface area (Å²) >= 11 is 5.16. The first kappa shape index (κ1) is 16.6. The highest BCUT2D eigenvalue weighted by Crippen LogP contribution is 2.28. The highest BCUT2D eigenvalue weighted by atomic mass is 32.1. The molecule has 23 heavy (non-hydrogen) atoms. The van der Waals surface area contributed by atoms with Gasteiger partial charge < -0.3 is 14.8 Å². The summed E-state index contributed by atoms with van der Waals surface area (Å²) in [6.45, 7) is 0. The Kier molecular flexibility index (Phi) is 5.76. The highest BCUT2D eigenvalue weighted by Gasteiger charge is 2.08. The molecule has 0 aliphatic rings. The summed E-state index contributed by atoms with van der Waals surface area (Å²) in [4.78, 5) is 11.9. The van der Waals surface area contributed by atoms with Gasteiger partial charge in [0.15, 0.2) is 5.11 Å². The van der Waals surface area contributed by atoms with Crippen LogP contribution in [-0.4, -0.2) is 25.2 Å². The molecule has 0 aliphatic heterocycles. The minimum absolute atomic E-state index is 0.223. The number of hydrogen-bond acceptors (Lipinski definition) is 4. The van der Waals surface area contributed by atoms with E-state index in [2.05, 4.69) is 16.2 Å². The van der Waals surface area contributed by atoms with Crippen molar-refractivity contribution in [3.8, 4) is 11.5 Å². The zero-order valence-electron chi connectivity index (χ0n) is 12.8. The maximum Gasteiger partial charge on any atom is 0.269 e. The molecule has 6 nitrogen and oxygen atoms in total. The van der Waals surface area contributed by atoms with Crippen molar-refractivity contribution in [3.63, 3.8) is 0 Å². The third-order valence-electron chi connectivity index (χ3n) is 2.98. The third-order valence-corrected chi connectivity index (χ3v) is 3.18. The van der Waals surface area contributed by atoms with Crippen LogP contribution >= 0.6 is 12.2 Å². The Bertz CT molecular complexity index is 692. The van der Waals surface area contributed by atoms with Crippen LogP contribution in [0.25, 0.3) is 0 Å². The number of anilines is 1. The van der Waals surface area contributed by atoms with Gasteiger partial charge in [-0.05, 0) is 36.5 Å². The molecule has 2 aromatic carbocycles. The first-order valence-corrected chi connectivity index (χ1v) is 7.19. The summed E-state index contributed by atoms with van der Waals surface area (Å²) < 4.78 is 10.4. The van der Waals surface area contributed by atoms with Crippen molar-refractivity contribution in [2.45, 2.75) is 0 Å². The number of rotatable bonds is 4. The molecule has 1 amide bonds. The zero-order valence-corrected chi connectivity index (χ0v) is 13.6. The monoisotopic (exact) mass is 331 g/mol. The molecule has 0 radical (unpaired) electrons. The number of benzene rings is 2. The second-order valence-electron chi connectivity index (χ2n) is 4.47. The van der Waals surface area contributed by atoms with Gasteiger partial charge in [0.2, 0.25) is 0 Å². The van der Waals surface area contributed by atoms with Crippen molar-refractivity contribution in [2.24, 2.45) is 0 Å². The fourth-order valence-electron chi connectivity index (χ4n) is 1.84. The molecule has 0 aromatic heterocycles. The van der Waals surface area contributed by atoms with Crippen LogP contribution < -0.4 is 25.6 Å². The van der Waals surface area contributed by atoms with Gasteiger partial charge in [-0.15, -0.1) is 0 Å². The molecular formula is C16H17N3O3S. The number of ether oxygens (including phenoxy) is 2. The molecule has 120 valence electrons. The molecule has 0 bridgehead atoms. The van der Waals surface area contributed by atoms with E-state index < -0.39 is 0 Å². The van der Waals surface area contributed by atoms with Crippen LogP contribution in [0.15, 0.2) is 48.5 Å². The average Bonchev–Trinajstić information content (AvgIpc) is 2.60. The Hall–Kier alpha value is -2.80. The van der Waals surface area contributed by atoms with Crippen molar-refractivity contribution in [3.05, 3.63) is 54.1 Å². The second kappa shape index (κ2) is 8.00. The van der Waals surface area contributed by atoms with Crippen LogP contribution in [-0.2, 0) is 0 Å². The van der Waals surface area contributed by atoms with E-state index in [0.717, 1.165) is 0 Å². The lowest BCUT2D eigenvalue weighted by Gasteiger charge is -2.15. The van der Waals surface area contributed by atoms with Crippen LogP contribution in [0.5, 0.6) is 11.5 Å². The first-order chi connectivity index (χ1) is 11.1. The predicted octanol–water partition coefficient (Wildman–Crippen LogP) is 2.34. The predicted molar refractivity (Wildman–Crippen MR) is 92.8 cm³/mol. The Morgan fingerprint density at radius 1 is 1.00 bits per heavy atom. The number of amides is 1. The molecule has 0 heterocycles. The van der Waals surface area contributed by atoms with E-state index >= 15 is 0 Å². The summed E-state index contributed by atoms with van der Waals surface area (Å²) in [5.41, 5.74) is 6.32. The lowest BCUT2D eigenvalue weighted by atomic mass is 10.2. The normalized spacial score (nSPS) is 9.65. The average molecular weight is 331 g/mol. The first-order valence-electron chi connectivity index (χ1n) is 6.78. The molecule has 0 aliphatic carbocycles. The van der Waals surface area contributed by atoms with Gasteiger partial charge in [-0.25, -0.2) is 0 Å². The molecular weight excluding hydrogens is 314 g/mol. The maximum atomic E-state index is 11.9. The number of methoxy groups -OCH3 is 2. The SMILES string of the molecule is COc1ccc(OC)c(NC(=S)NNC(=O)c2ccccc2)c1. The minimum atomic E-state index is -0.285. The van der Waals surface area contributed by atoms with Gasteiger partial charge in [-0.1, -0.05) is 18.2 Å². The Morgan fingerprint density at radius 3 is 2.39 bits per heavy atom. The molecule has 0 atom stereocenters. The molecule has 0 fully saturated rings. The Balaban J connectivity index is 1.96. The molecule has 2 rings (SSSR count). The van der Waals surface area contributed by atoms with Crippen LogP contribution in [0.1, 0.15) is 10.4 Å². The van der Waals surface area contributed by atoms with E-state index in [9.17, 15) is 4.79 Å². The number of carbonyl (C=O) groups is 1. The van der Waals surface area contributed by atoms with E-state index in [1.54, 1.807) is 56.7 Å². The molecule has 0 saturated carbocycles. The number of hydrazine groups is 1. The van der Waals surface area contributed by atoms with Crippen molar-refractivity contribution in [1.82, 2.24) is 10.9 Å². The quantitative estimate of drug-likeness (QED) is 0.590. The fourth-order valence-corrected chi connectivity index (χ4v) is 2.00. The number of nitrogens with one attached hydrogen (secondary N) is 3. The molecule has 0 unspecified atom stereocenters. The lowest BCUT2D eigenvalue weighted by Crippen LogP contribution is -2.43. The van der Waals surface area contributed by atoms with Crippen molar-refractivity contribution in [1.29, 1.82) is 0 Å². The van der Waals surface area contributed by atoms with Gasteiger partial charge in [0, 0.05) is 11.6 Å². The summed E-state index contributed by atoms with van der Waals surface area (Å²) in [6.07, 6.45) is 0. The Morgan fingerprint density at radius 2 is 1.74 bits per heavy atom. The largest absolute Gasteiger partial charge is 0.497 e. The molecule has 0 saturated heterocycles. The smallest absolute Gasteiger partial charge is 0.269 e.